The van der Waals surface area contributed by atoms with Crippen molar-refractivity contribution in [3.8, 4) is 0 Å². The van der Waals surface area contributed by atoms with Crippen LogP contribution in [0.1, 0.15) is 57.6 Å². The van der Waals surface area contributed by atoms with E-state index in [0.29, 0.717) is 12.2 Å². The van der Waals surface area contributed by atoms with Crippen LogP contribution in [0.15, 0.2) is 59.8 Å². The van der Waals surface area contributed by atoms with E-state index >= 15 is 0 Å². The van der Waals surface area contributed by atoms with Crippen molar-refractivity contribution in [2.24, 2.45) is 0 Å². The molecule has 0 spiro atoms. The van der Waals surface area contributed by atoms with E-state index in [9.17, 15) is 4.79 Å². The lowest BCUT2D eigenvalue weighted by Crippen LogP contribution is -2.29. The number of carbonyl (C=O) groups is 1. The molecule has 33 heavy (non-hydrogen) atoms. The molecule has 2 aromatic carbocycles. The average molecular weight is 447 g/mol. The van der Waals surface area contributed by atoms with E-state index in [1.54, 1.807) is 0 Å². The summed E-state index contributed by atoms with van der Waals surface area (Å²) in [6, 6.07) is 16.1. The number of nitrogens with zero attached hydrogens (tertiary/aromatic N) is 3. The predicted octanol–water partition coefficient (Wildman–Crippen LogP) is 5.90. The normalized spacial score (nSPS) is 15.3. The molecule has 3 aromatic rings. The highest BCUT2D eigenvalue weighted by Crippen LogP contribution is 2.39. The Balaban J connectivity index is 1.68. The summed E-state index contributed by atoms with van der Waals surface area (Å²) in [4.78, 5) is 20.2. The standard InChI is InChI=1S/C27H34N4O2/c1-5-6-7-8-11-18-33-26(32)24-19(2)28-27-29-22-12-9-10-13-23(22)31(27)25(24)20-14-16-21(17-15-20)30(3)4/h9-10,12-17,25H,5-8,11,18H2,1-4H3,(H,28,29). The van der Waals surface area contributed by atoms with Crippen molar-refractivity contribution >= 4 is 28.6 Å². The fourth-order valence-electron chi connectivity index (χ4n) is 4.45. The van der Waals surface area contributed by atoms with E-state index in [1.807, 2.05) is 45.3 Å². The molecule has 0 radical (unpaired) electrons. The van der Waals surface area contributed by atoms with E-state index < -0.39 is 0 Å². The molecule has 2 heterocycles. The number of para-hydroxylation sites is 2. The first-order chi connectivity index (χ1) is 16.0. The molecule has 0 saturated carbocycles. The number of anilines is 2. The highest BCUT2D eigenvalue weighted by molar-refractivity contribution is 5.94. The van der Waals surface area contributed by atoms with Gasteiger partial charge in [-0.1, -0.05) is 56.9 Å². The Hall–Kier alpha value is -3.28. The molecule has 1 N–H and O–H groups in total. The zero-order valence-electron chi connectivity index (χ0n) is 20.1. The first kappa shape index (κ1) is 22.9. The van der Waals surface area contributed by atoms with Crippen molar-refractivity contribution in [1.82, 2.24) is 9.55 Å². The molecule has 0 bridgehead atoms. The summed E-state index contributed by atoms with van der Waals surface area (Å²) in [5, 5.41) is 3.35. The van der Waals surface area contributed by atoms with Crippen molar-refractivity contribution in [3.63, 3.8) is 0 Å². The molecule has 1 aliphatic heterocycles. The van der Waals surface area contributed by atoms with Gasteiger partial charge in [0.05, 0.1) is 29.3 Å². The minimum absolute atomic E-state index is 0.263. The Bertz CT molecular complexity index is 1140. The van der Waals surface area contributed by atoms with Gasteiger partial charge in [-0.05, 0) is 43.2 Å². The molecular formula is C27H34N4O2. The van der Waals surface area contributed by atoms with Crippen LogP contribution >= 0.6 is 0 Å². The summed E-state index contributed by atoms with van der Waals surface area (Å²) in [5.41, 5.74) is 5.45. The number of fused-ring (bicyclic) bond motifs is 3. The molecule has 0 fully saturated rings. The van der Waals surface area contributed by atoms with Gasteiger partial charge in [-0.3, -0.25) is 4.57 Å². The fraction of sp³-hybridized carbons (Fsp3) is 0.407. The van der Waals surface area contributed by atoms with E-state index in [4.69, 9.17) is 9.72 Å². The summed E-state index contributed by atoms with van der Waals surface area (Å²) >= 11 is 0. The van der Waals surface area contributed by atoms with Crippen LogP contribution in [0.5, 0.6) is 0 Å². The third-order valence-electron chi connectivity index (χ3n) is 6.26. The number of aromatic nitrogens is 2. The number of esters is 1. The van der Waals surface area contributed by atoms with Gasteiger partial charge in [0.1, 0.15) is 0 Å². The average Bonchev–Trinajstić information content (AvgIpc) is 3.18. The highest BCUT2D eigenvalue weighted by atomic mass is 16.5. The Kier molecular flexibility index (Phi) is 7.02. The molecule has 1 unspecified atom stereocenters. The molecule has 4 rings (SSSR count). The van der Waals surface area contributed by atoms with Crippen LogP contribution in [0.4, 0.5) is 11.6 Å². The second-order valence-corrected chi connectivity index (χ2v) is 8.90. The molecule has 1 atom stereocenters. The number of hydrogen-bond donors (Lipinski definition) is 1. The summed E-state index contributed by atoms with van der Waals surface area (Å²) in [6.45, 7) is 4.58. The molecular weight excluding hydrogens is 412 g/mol. The number of imidazole rings is 1. The maximum absolute atomic E-state index is 13.4. The highest BCUT2D eigenvalue weighted by Gasteiger charge is 2.34. The Morgan fingerprint density at radius 2 is 1.79 bits per heavy atom. The number of nitrogens with one attached hydrogen (secondary N) is 1. The van der Waals surface area contributed by atoms with Gasteiger partial charge in [0.25, 0.3) is 0 Å². The molecule has 174 valence electrons. The fourth-order valence-corrected chi connectivity index (χ4v) is 4.45. The van der Waals surface area contributed by atoms with Crippen LogP contribution in [-0.2, 0) is 9.53 Å². The van der Waals surface area contributed by atoms with E-state index in [-0.39, 0.29) is 12.0 Å². The summed E-state index contributed by atoms with van der Waals surface area (Å²) in [5.74, 6) is 0.479. The van der Waals surface area contributed by atoms with E-state index in [0.717, 1.165) is 46.8 Å². The van der Waals surface area contributed by atoms with E-state index in [1.165, 1.54) is 19.3 Å². The molecule has 1 aliphatic rings. The predicted molar refractivity (Wildman–Crippen MR) is 135 cm³/mol. The number of allylic oxidation sites excluding steroid dienone is 1. The van der Waals surface area contributed by atoms with Gasteiger partial charge in [0.2, 0.25) is 5.95 Å². The lowest BCUT2D eigenvalue weighted by molar-refractivity contribution is -0.139. The van der Waals surface area contributed by atoms with Crippen LogP contribution in [0.25, 0.3) is 11.0 Å². The molecule has 6 heteroatoms. The van der Waals surface area contributed by atoms with Crippen molar-refractivity contribution in [3.05, 3.63) is 65.4 Å². The van der Waals surface area contributed by atoms with Crippen LogP contribution in [-0.4, -0.2) is 36.2 Å². The summed E-state index contributed by atoms with van der Waals surface area (Å²) in [7, 11) is 4.04. The van der Waals surface area contributed by atoms with Gasteiger partial charge in [0.15, 0.2) is 0 Å². The summed E-state index contributed by atoms with van der Waals surface area (Å²) < 4.78 is 7.89. The van der Waals surface area contributed by atoms with Gasteiger partial charge in [-0.2, -0.15) is 0 Å². The number of benzene rings is 2. The Labute approximate surface area is 196 Å². The topological polar surface area (TPSA) is 59.4 Å². The monoisotopic (exact) mass is 446 g/mol. The molecule has 6 nitrogen and oxygen atoms in total. The second-order valence-electron chi connectivity index (χ2n) is 8.90. The first-order valence-electron chi connectivity index (χ1n) is 11.9. The lowest BCUT2D eigenvalue weighted by atomic mass is 9.94. The zero-order chi connectivity index (χ0) is 23.4. The van der Waals surface area contributed by atoms with Crippen molar-refractivity contribution in [2.45, 2.75) is 52.0 Å². The molecule has 0 saturated heterocycles. The van der Waals surface area contributed by atoms with Gasteiger partial charge in [-0.25, -0.2) is 9.78 Å². The number of carbonyl (C=O) groups excluding carboxylic acids is 1. The maximum Gasteiger partial charge on any atom is 0.338 e. The van der Waals surface area contributed by atoms with Gasteiger partial charge < -0.3 is 15.0 Å². The van der Waals surface area contributed by atoms with Crippen LogP contribution in [0.2, 0.25) is 0 Å². The van der Waals surface area contributed by atoms with Crippen molar-refractivity contribution in [1.29, 1.82) is 0 Å². The Morgan fingerprint density at radius 3 is 2.52 bits per heavy atom. The maximum atomic E-state index is 13.4. The quantitative estimate of drug-likeness (QED) is 0.327. The second kappa shape index (κ2) is 10.1. The third kappa shape index (κ3) is 4.75. The molecule has 0 amide bonds. The van der Waals surface area contributed by atoms with Crippen molar-refractivity contribution in [2.75, 3.05) is 30.9 Å². The molecule has 1 aromatic heterocycles. The number of rotatable bonds is 9. The van der Waals surface area contributed by atoms with Crippen LogP contribution in [0.3, 0.4) is 0 Å². The number of hydrogen-bond acceptors (Lipinski definition) is 5. The smallest absolute Gasteiger partial charge is 0.338 e. The third-order valence-corrected chi connectivity index (χ3v) is 6.26. The lowest BCUT2D eigenvalue weighted by Gasteiger charge is -2.30. The first-order valence-corrected chi connectivity index (χ1v) is 11.9. The van der Waals surface area contributed by atoms with Crippen LogP contribution in [0, 0.1) is 0 Å². The van der Waals surface area contributed by atoms with Gasteiger partial charge >= 0.3 is 5.97 Å². The minimum Gasteiger partial charge on any atom is -0.462 e. The largest absolute Gasteiger partial charge is 0.462 e. The number of unbranched alkanes of at least 4 members (excludes halogenated alkanes) is 4. The SMILES string of the molecule is CCCCCCCOC(=O)C1=C(C)Nc2nc3ccccc3n2C1c1ccc(N(C)C)cc1. The van der Waals surface area contributed by atoms with Gasteiger partial charge in [-0.15, -0.1) is 0 Å². The zero-order valence-corrected chi connectivity index (χ0v) is 20.1. The number of ether oxygens (including phenoxy) is 1. The van der Waals surface area contributed by atoms with E-state index in [2.05, 4.69) is 46.0 Å². The molecule has 0 aliphatic carbocycles. The Morgan fingerprint density at radius 1 is 1.06 bits per heavy atom. The summed E-state index contributed by atoms with van der Waals surface area (Å²) in [6.07, 6.45) is 5.59. The van der Waals surface area contributed by atoms with Gasteiger partial charge in [0, 0.05) is 25.5 Å². The minimum atomic E-state index is -0.308. The van der Waals surface area contributed by atoms with Crippen LogP contribution < -0.4 is 10.2 Å². The van der Waals surface area contributed by atoms with Crippen molar-refractivity contribution < 1.29 is 9.53 Å².